The minimum absolute atomic E-state index is 0.0323. The lowest BCUT2D eigenvalue weighted by Gasteiger charge is -2.32. The number of hydrogen-bond donors (Lipinski definition) is 1. The zero-order chi connectivity index (χ0) is 26.3. The van der Waals surface area contributed by atoms with Crippen LogP contribution in [0.3, 0.4) is 0 Å². The highest BCUT2D eigenvalue weighted by molar-refractivity contribution is 7.92. The number of hydrogen-bond acceptors (Lipinski definition) is 4. The van der Waals surface area contributed by atoms with Crippen molar-refractivity contribution >= 4 is 39.1 Å². The van der Waals surface area contributed by atoms with Crippen molar-refractivity contribution < 1.29 is 22.4 Å². The highest BCUT2D eigenvalue weighted by Gasteiger charge is 2.33. The quantitative estimate of drug-likeness (QED) is 0.424. The largest absolute Gasteiger partial charge is 0.355 e. The van der Waals surface area contributed by atoms with E-state index in [-0.39, 0.29) is 27.7 Å². The van der Waals surface area contributed by atoms with Crippen LogP contribution < -0.4 is 9.62 Å². The molecule has 2 amide bonds. The Labute approximate surface area is 215 Å². The number of nitrogens with one attached hydrogen (secondary N) is 1. The molecule has 190 valence electrons. The van der Waals surface area contributed by atoms with Gasteiger partial charge in [-0.05, 0) is 44.2 Å². The van der Waals surface area contributed by atoms with Gasteiger partial charge in [-0.15, -0.1) is 0 Å². The van der Waals surface area contributed by atoms with E-state index in [2.05, 4.69) is 5.32 Å². The van der Waals surface area contributed by atoms with E-state index in [1.54, 1.807) is 43.3 Å². The molecule has 0 fully saturated rings. The SMILES string of the molecule is CCNC(=O)C(C)N(Cc1ccccc1F)C(=O)CN(c1ccccc1Cl)S(=O)(=O)c1ccccc1. The average Bonchev–Trinajstić information content (AvgIpc) is 2.87. The predicted molar refractivity (Wildman–Crippen MR) is 138 cm³/mol. The summed E-state index contributed by atoms with van der Waals surface area (Å²) >= 11 is 6.34. The van der Waals surface area contributed by atoms with E-state index in [0.29, 0.717) is 6.54 Å². The molecule has 0 aliphatic heterocycles. The van der Waals surface area contributed by atoms with E-state index in [9.17, 15) is 22.4 Å². The van der Waals surface area contributed by atoms with E-state index in [1.807, 2.05) is 0 Å². The maximum absolute atomic E-state index is 14.5. The van der Waals surface area contributed by atoms with Crippen LogP contribution in [0.4, 0.5) is 10.1 Å². The number of para-hydroxylation sites is 1. The molecule has 7 nitrogen and oxygen atoms in total. The number of amides is 2. The summed E-state index contributed by atoms with van der Waals surface area (Å²) in [5.41, 5.74) is 0.296. The van der Waals surface area contributed by atoms with Crippen molar-refractivity contribution in [2.75, 3.05) is 17.4 Å². The molecular formula is C26H27ClFN3O4S. The van der Waals surface area contributed by atoms with Gasteiger partial charge in [0.15, 0.2) is 0 Å². The van der Waals surface area contributed by atoms with Gasteiger partial charge in [0.2, 0.25) is 11.8 Å². The topological polar surface area (TPSA) is 86.8 Å². The Morgan fingerprint density at radius 2 is 1.58 bits per heavy atom. The molecule has 0 heterocycles. The third-order valence-corrected chi connectivity index (χ3v) is 7.64. The van der Waals surface area contributed by atoms with Crippen LogP contribution in [0.15, 0.2) is 83.8 Å². The molecule has 1 N–H and O–H groups in total. The lowest BCUT2D eigenvalue weighted by Crippen LogP contribution is -2.51. The van der Waals surface area contributed by atoms with Gasteiger partial charge >= 0.3 is 0 Å². The van der Waals surface area contributed by atoms with Gasteiger partial charge in [-0.25, -0.2) is 12.8 Å². The number of sulfonamides is 1. The number of likely N-dealkylation sites (N-methyl/N-ethyl adjacent to an activating group) is 1. The van der Waals surface area contributed by atoms with Crippen LogP contribution in [0.5, 0.6) is 0 Å². The zero-order valence-corrected chi connectivity index (χ0v) is 21.5. The normalized spacial score (nSPS) is 12.0. The molecule has 3 aromatic carbocycles. The summed E-state index contributed by atoms with van der Waals surface area (Å²) in [6.45, 7) is 2.69. The van der Waals surface area contributed by atoms with Crippen molar-refractivity contribution in [1.82, 2.24) is 10.2 Å². The summed E-state index contributed by atoms with van der Waals surface area (Å²) < 4.78 is 42.6. The number of carbonyl (C=O) groups excluding carboxylic acids is 2. The van der Waals surface area contributed by atoms with Crippen LogP contribution in [0, 0.1) is 5.82 Å². The molecule has 36 heavy (non-hydrogen) atoms. The van der Waals surface area contributed by atoms with E-state index < -0.39 is 40.2 Å². The van der Waals surface area contributed by atoms with Gasteiger partial charge < -0.3 is 10.2 Å². The van der Waals surface area contributed by atoms with E-state index in [4.69, 9.17) is 11.6 Å². The van der Waals surface area contributed by atoms with E-state index in [1.165, 1.54) is 49.4 Å². The van der Waals surface area contributed by atoms with Gasteiger partial charge in [-0.3, -0.25) is 13.9 Å². The molecule has 0 spiro atoms. The summed E-state index contributed by atoms with van der Waals surface area (Å²) in [6.07, 6.45) is 0. The smallest absolute Gasteiger partial charge is 0.264 e. The Hall–Kier alpha value is -3.43. The zero-order valence-electron chi connectivity index (χ0n) is 19.9. The number of rotatable bonds is 10. The molecule has 0 saturated carbocycles. The molecular weight excluding hydrogens is 505 g/mol. The molecule has 0 saturated heterocycles. The summed E-state index contributed by atoms with van der Waals surface area (Å²) in [7, 11) is -4.22. The first-order valence-corrected chi connectivity index (χ1v) is 13.1. The van der Waals surface area contributed by atoms with Gasteiger partial charge in [0.1, 0.15) is 18.4 Å². The average molecular weight is 532 g/mol. The summed E-state index contributed by atoms with van der Waals surface area (Å²) in [6, 6.07) is 18.8. The van der Waals surface area contributed by atoms with Crippen molar-refractivity contribution in [2.45, 2.75) is 31.3 Å². The fourth-order valence-corrected chi connectivity index (χ4v) is 5.34. The molecule has 0 aromatic heterocycles. The predicted octanol–water partition coefficient (Wildman–Crippen LogP) is 4.23. The van der Waals surface area contributed by atoms with Gasteiger partial charge in [-0.2, -0.15) is 0 Å². The maximum Gasteiger partial charge on any atom is 0.264 e. The highest BCUT2D eigenvalue weighted by Crippen LogP contribution is 2.30. The first-order chi connectivity index (χ1) is 17.2. The summed E-state index contributed by atoms with van der Waals surface area (Å²) in [4.78, 5) is 27.4. The van der Waals surface area contributed by atoms with Gasteiger partial charge in [0.25, 0.3) is 10.0 Å². The molecule has 0 radical (unpaired) electrons. The van der Waals surface area contributed by atoms with Crippen LogP contribution in [0.25, 0.3) is 0 Å². The van der Waals surface area contributed by atoms with Gasteiger partial charge in [0.05, 0.1) is 15.6 Å². The van der Waals surface area contributed by atoms with E-state index >= 15 is 0 Å². The fourth-order valence-electron chi connectivity index (χ4n) is 3.60. The second kappa shape index (κ2) is 12.0. The number of anilines is 1. The summed E-state index contributed by atoms with van der Waals surface area (Å²) in [5.74, 6) is -1.69. The Kier molecular flexibility index (Phi) is 9.06. The van der Waals surface area contributed by atoms with Gasteiger partial charge in [0, 0.05) is 18.7 Å². The molecule has 0 bridgehead atoms. The number of benzene rings is 3. The lowest BCUT2D eigenvalue weighted by atomic mass is 10.1. The summed E-state index contributed by atoms with van der Waals surface area (Å²) in [5, 5.41) is 2.78. The Morgan fingerprint density at radius 3 is 2.22 bits per heavy atom. The third kappa shape index (κ3) is 6.22. The van der Waals surface area contributed by atoms with Gasteiger partial charge in [-0.1, -0.05) is 60.1 Å². The molecule has 1 unspecified atom stereocenters. The van der Waals surface area contributed by atoms with E-state index in [0.717, 1.165) is 9.21 Å². The minimum atomic E-state index is -4.22. The number of carbonyl (C=O) groups is 2. The third-order valence-electron chi connectivity index (χ3n) is 5.55. The number of nitrogens with zero attached hydrogens (tertiary/aromatic N) is 2. The molecule has 0 aliphatic carbocycles. The van der Waals surface area contributed by atoms with Crippen molar-refractivity contribution in [3.05, 3.63) is 95.3 Å². The first kappa shape index (κ1) is 27.2. The monoisotopic (exact) mass is 531 g/mol. The second-order valence-electron chi connectivity index (χ2n) is 7.96. The Morgan fingerprint density at radius 1 is 0.972 bits per heavy atom. The highest BCUT2D eigenvalue weighted by atomic mass is 35.5. The molecule has 3 rings (SSSR count). The Bertz CT molecular complexity index is 1320. The van der Waals surface area contributed by atoms with Crippen molar-refractivity contribution in [1.29, 1.82) is 0 Å². The second-order valence-corrected chi connectivity index (χ2v) is 10.2. The van der Waals surface area contributed by atoms with Crippen molar-refractivity contribution in [2.24, 2.45) is 0 Å². The van der Waals surface area contributed by atoms with Crippen LogP contribution >= 0.6 is 11.6 Å². The first-order valence-electron chi connectivity index (χ1n) is 11.3. The number of halogens is 2. The molecule has 1 atom stereocenters. The van der Waals surface area contributed by atoms with Crippen LogP contribution in [-0.2, 0) is 26.2 Å². The van der Waals surface area contributed by atoms with Crippen LogP contribution in [-0.4, -0.2) is 44.3 Å². The van der Waals surface area contributed by atoms with Crippen LogP contribution in [0.2, 0.25) is 5.02 Å². The fraction of sp³-hybridized carbons (Fsp3) is 0.231. The molecule has 10 heteroatoms. The molecule has 0 aliphatic rings. The Balaban J connectivity index is 2.04. The van der Waals surface area contributed by atoms with Crippen molar-refractivity contribution in [3.63, 3.8) is 0 Å². The van der Waals surface area contributed by atoms with Crippen LogP contribution in [0.1, 0.15) is 19.4 Å². The van der Waals surface area contributed by atoms with Crippen molar-refractivity contribution in [3.8, 4) is 0 Å². The maximum atomic E-state index is 14.5. The molecule has 3 aromatic rings. The minimum Gasteiger partial charge on any atom is -0.355 e. The lowest BCUT2D eigenvalue weighted by molar-refractivity contribution is -0.139. The standard InChI is InChI=1S/C26H27ClFN3O4S/c1-3-29-26(33)19(2)30(17-20-11-7-9-15-23(20)28)25(32)18-31(24-16-10-8-14-22(24)27)36(34,35)21-12-5-4-6-13-21/h4-16,19H,3,17-18H2,1-2H3,(H,29,33).